The van der Waals surface area contributed by atoms with Crippen LogP contribution in [0.1, 0.15) is 58.4 Å². The Morgan fingerprint density at radius 3 is 2.31 bits per heavy atom. The molecular weight excluding hydrogens is 498 g/mol. The van der Waals surface area contributed by atoms with E-state index in [9.17, 15) is 14.4 Å². The first-order valence-electron chi connectivity index (χ1n) is 13.4. The van der Waals surface area contributed by atoms with Crippen molar-refractivity contribution < 1.29 is 28.6 Å². The summed E-state index contributed by atoms with van der Waals surface area (Å²) >= 11 is 0. The average Bonchev–Trinajstić information content (AvgIpc) is 2.90. The van der Waals surface area contributed by atoms with Gasteiger partial charge in [0.05, 0.1) is 14.2 Å². The SMILES string of the molecule is COc1ccc(NC(=O)CCc2cccc(NC(=O)CCC3CCCN(C(=O)OC(C)(C)C)C3)c2)cc1OC. The maximum Gasteiger partial charge on any atom is 0.410 e. The number of methoxy groups -OCH3 is 2. The lowest BCUT2D eigenvalue weighted by Gasteiger charge is -2.34. The van der Waals surface area contributed by atoms with Crippen molar-refractivity contribution in [3.63, 3.8) is 0 Å². The molecule has 1 atom stereocenters. The topological polar surface area (TPSA) is 106 Å². The summed E-state index contributed by atoms with van der Waals surface area (Å²) < 4.78 is 16.0. The van der Waals surface area contributed by atoms with E-state index in [0.29, 0.717) is 61.6 Å². The number of carbonyl (C=O) groups is 3. The Balaban J connectivity index is 1.44. The number of likely N-dealkylation sites (tertiary alicyclic amines) is 1. The van der Waals surface area contributed by atoms with Crippen LogP contribution in [0.3, 0.4) is 0 Å². The molecule has 0 bridgehead atoms. The van der Waals surface area contributed by atoms with Gasteiger partial charge in [0.1, 0.15) is 5.60 Å². The standard InChI is InChI=1S/C30H41N3O6/c1-30(2,3)39-29(36)33-17-7-9-22(20-33)12-16-28(35)31-23-10-6-8-21(18-23)11-15-27(34)32-24-13-14-25(37-4)26(19-24)38-5/h6,8,10,13-14,18-19,22H,7,9,11-12,15-17,20H2,1-5H3,(H,31,35)(H,32,34). The van der Waals surface area contributed by atoms with Crippen LogP contribution in [0.4, 0.5) is 16.2 Å². The molecule has 2 N–H and O–H groups in total. The summed E-state index contributed by atoms with van der Waals surface area (Å²) in [5.41, 5.74) is 1.77. The van der Waals surface area contributed by atoms with Gasteiger partial charge in [0.25, 0.3) is 0 Å². The van der Waals surface area contributed by atoms with Crippen LogP contribution >= 0.6 is 0 Å². The number of nitrogens with one attached hydrogen (secondary N) is 2. The Labute approximate surface area is 231 Å². The Morgan fingerprint density at radius 2 is 1.62 bits per heavy atom. The van der Waals surface area contributed by atoms with E-state index in [0.717, 1.165) is 18.4 Å². The first-order chi connectivity index (χ1) is 18.6. The van der Waals surface area contributed by atoms with Gasteiger partial charge >= 0.3 is 6.09 Å². The van der Waals surface area contributed by atoms with E-state index >= 15 is 0 Å². The van der Waals surface area contributed by atoms with Crippen molar-refractivity contribution in [1.82, 2.24) is 4.90 Å². The lowest BCUT2D eigenvalue weighted by atomic mass is 9.93. The van der Waals surface area contributed by atoms with Gasteiger partial charge in [-0.15, -0.1) is 0 Å². The first kappa shape index (κ1) is 29.8. The molecule has 0 spiro atoms. The van der Waals surface area contributed by atoms with Gasteiger partial charge < -0.3 is 29.7 Å². The molecule has 3 amide bonds. The van der Waals surface area contributed by atoms with Gasteiger partial charge in [-0.25, -0.2) is 4.79 Å². The van der Waals surface area contributed by atoms with Crippen molar-refractivity contribution in [2.45, 2.75) is 64.9 Å². The number of hydrogen-bond acceptors (Lipinski definition) is 6. The molecule has 9 nitrogen and oxygen atoms in total. The minimum absolute atomic E-state index is 0.0623. The molecule has 2 aromatic carbocycles. The second-order valence-electron chi connectivity index (χ2n) is 10.8. The predicted molar refractivity (Wildman–Crippen MR) is 151 cm³/mol. The normalized spacial score (nSPS) is 15.3. The molecule has 9 heteroatoms. The van der Waals surface area contributed by atoms with E-state index in [1.165, 1.54) is 0 Å². The summed E-state index contributed by atoms with van der Waals surface area (Å²) in [6, 6.07) is 12.8. The lowest BCUT2D eigenvalue weighted by molar-refractivity contribution is -0.117. The van der Waals surface area contributed by atoms with Crippen LogP contribution in [-0.2, 0) is 20.7 Å². The maximum absolute atomic E-state index is 12.6. The number of carbonyl (C=O) groups excluding carboxylic acids is 3. The quantitative estimate of drug-likeness (QED) is 0.405. The monoisotopic (exact) mass is 539 g/mol. The van der Waals surface area contributed by atoms with Crippen molar-refractivity contribution in [2.24, 2.45) is 5.92 Å². The van der Waals surface area contributed by atoms with E-state index < -0.39 is 5.60 Å². The Hall–Kier alpha value is -3.75. The van der Waals surface area contributed by atoms with Gasteiger partial charge in [0.2, 0.25) is 11.8 Å². The number of piperidine rings is 1. The maximum atomic E-state index is 12.6. The predicted octanol–water partition coefficient (Wildman–Crippen LogP) is 5.64. The zero-order valence-corrected chi connectivity index (χ0v) is 23.7. The molecule has 0 aromatic heterocycles. The molecule has 1 fully saturated rings. The van der Waals surface area contributed by atoms with Gasteiger partial charge in [0, 0.05) is 43.4 Å². The van der Waals surface area contributed by atoms with Crippen LogP contribution in [0, 0.1) is 5.92 Å². The second kappa shape index (κ2) is 13.9. The molecule has 2 aromatic rings. The smallest absolute Gasteiger partial charge is 0.410 e. The molecule has 1 saturated heterocycles. The van der Waals surface area contributed by atoms with Gasteiger partial charge in [-0.05, 0) is 82.2 Å². The summed E-state index contributed by atoms with van der Waals surface area (Å²) in [6.45, 7) is 6.89. The zero-order chi connectivity index (χ0) is 28.4. The Kier molecular flexibility index (Phi) is 10.6. The highest BCUT2D eigenvalue weighted by Gasteiger charge is 2.27. The number of benzene rings is 2. The third-order valence-electron chi connectivity index (χ3n) is 6.47. The Morgan fingerprint density at radius 1 is 0.923 bits per heavy atom. The minimum atomic E-state index is -0.521. The molecule has 3 rings (SSSR count). The minimum Gasteiger partial charge on any atom is -0.493 e. The summed E-state index contributed by atoms with van der Waals surface area (Å²) in [7, 11) is 3.11. The highest BCUT2D eigenvalue weighted by molar-refractivity contribution is 5.92. The highest BCUT2D eigenvalue weighted by Crippen LogP contribution is 2.30. The number of nitrogens with zero attached hydrogens (tertiary/aromatic N) is 1. The van der Waals surface area contributed by atoms with Crippen LogP contribution < -0.4 is 20.1 Å². The van der Waals surface area contributed by atoms with Crippen molar-refractivity contribution in [2.75, 3.05) is 37.9 Å². The van der Waals surface area contributed by atoms with Crippen LogP contribution in [0.25, 0.3) is 0 Å². The van der Waals surface area contributed by atoms with Crippen LogP contribution in [0.5, 0.6) is 11.5 Å². The van der Waals surface area contributed by atoms with E-state index in [1.54, 1.807) is 37.3 Å². The molecule has 1 heterocycles. The lowest BCUT2D eigenvalue weighted by Crippen LogP contribution is -2.43. The molecule has 0 radical (unpaired) electrons. The van der Waals surface area contributed by atoms with Crippen LogP contribution in [0.15, 0.2) is 42.5 Å². The van der Waals surface area contributed by atoms with Gasteiger partial charge in [-0.1, -0.05) is 12.1 Å². The van der Waals surface area contributed by atoms with Crippen LogP contribution in [0.2, 0.25) is 0 Å². The number of rotatable bonds is 10. The van der Waals surface area contributed by atoms with Gasteiger partial charge in [-0.3, -0.25) is 9.59 Å². The summed E-state index contributed by atoms with van der Waals surface area (Å²) in [4.78, 5) is 39.3. The van der Waals surface area contributed by atoms with Gasteiger partial charge in [0.15, 0.2) is 11.5 Å². The molecule has 1 unspecified atom stereocenters. The highest BCUT2D eigenvalue weighted by atomic mass is 16.6. The van der Waals surface area contributed by atoms with Crippen LogP contribution in [-0.4, -0.2) is 55.7 Å². The van der Waals surface area contributed by atoms with Crippen molar-refractivity contribution in [3.05, 3.63) is 48.0 Å². The molecule has 0 saturated carbocycles. The molecule has 212 valence electrons. The summed E-state index contributed by atoms with van der Waals surface area (Å²) in [5.74, 6) is 1.23. The summed E-state index contributed by atoms with van der Waals surface area (Å²) in [6.07, 6.45) is 3.53. The molecule has 1 aliphatic rings. The number of amides is 3. The first-order valence-corrected chi connectivity index (χ1v) is 13.4. The number of anilines is 2. The van der Waals surface area contributed by atoms with Crippen molar-refractivity contribution in [3.8, 4) is 11.5 Å². The van der Waals surface area contributed by atoms with E-state index in [4.69, 9.17) is 14.2 Å². The second-order valence-corrected chi connectivity index (χ2v) is 10.8. The van der Waals surface area contributed by atoms with Gasteiger partial charge in [-0.2, -0.15) is 0 Å². The number of aryl methyl sites for hydroxylation is 1. The van der Waals surface area contributed by atoms with Crippen molar-refractivity contribution >= 4 is 29.3 Å². The van der Waals surface area contributed by atoms with Crippen molar-refractivity contribution in [1.29, 1.82) is 0 Å². The number of hydrogen-bond donors (Lipinski definition) is 2. The third kappa shape index (κ3) is 9.81. The fraction of sp³-hybridized carbons (Fsp3) is 0.500. The number of ether oxygens (including phenoxy) is 3. The van der Waals surface area contributed by atoms with E-state index in [2.05, 4.69) is 10.6 Å². The molecule has 39 heavy (non-hydrogen) atoms. The largest absolute Gasteiger partial charge is 0.493 e. The summed E-state index contributed by atoms with van der Waals surface area (Å²) in [5, 5.41) is 5.84. The fourth-order valence-electron chi connectivity index (χ4n) is 4.55. The Bertz CT molecular complexity index is 1140. The average molecular weight is 540 g/mol. The third-order valence-corrected chi connectivity index (χ3v) is 6.47. The molecule has 1 aliphatic heterocycles. The fourth-order valence-corrected chi connectivity index (χ4v) is 4.55. The van der Waals surface area contributed by atoms with E-state index in [1.807, 2.05) is 45.0 Å². The molecule has 0 aliphatic carbocycles. The zero-order valence-electron chi connectivity index (χ0n) is 23.7. The van der Waals surface area contributed by atoms with E-state index in [-0.39, 0.29) is 23.8 Å². The molecular formula is C30H41N3O6.